The summed E-state index contributed by atoms with van der Waals surface area (Å²) in [5.41, 5.74) is 0.851. The largest absolute Gasteiger partial charge is 0.494 e. The van der Waals surface area contributed by atoms with E-state index in [1.165, 1.54) is 30.1 Å². The Labute approximate surface area is 119 Å². The molecule has 0 unspecified atom stereocenters. The molecule has 21 heavy (non-hydrogen) atoms. The first-order valence-corrected chi connectivity index (χ1v) is 6.31. The number of ether oxygens (including phenoxy) is 1. The molecule has 3 rings (SSSR count). The van der Waals surface area contributed by atoms with E-state index in [1.54, 1.807) is 24.4 Å². The zero-order valence-electron chi connectivity index (χ0n) is 11.3. The van der Waals surface area contributed by atoms with Crippen molar-refractivity contribution in [3.63, 3.8) is 0 Å². The number of benzene rings is 1. The predicted molar refractivity (Wildman–Crippen MR) is 75.9 cm³/mol. The van der Waals surface area contributed by atoms with Crippen LogP contribution in [0.4, 0.5) is 4.39 Å². The molecule has 106 valence electrons. The van der Waals surface area contributed by atoms with Crippen LogP contribution in [0.15, 0.2) is 47.7 Å². The predicted octanol–water partition coefficient (Wildman–Crippen LogP) is 1.99. The summed E-state index contributed by atoms with van der Waals surface area (Å²) in [6, 6.07) is 7.94. The Morgan fingerprint density at radius 3 is 2.90 bits per heavy atom. The van der Waals surface area contributed by atoms with E-state index in [0.717, 1.165) is 0 Å². The number of hydrogen-bond donors (Lipinski definition) is 0. The van der Waals surface area contributed by atoms with E-state index in [2.05, 4.69) is 9.97 Å². The average molecular weight is 285 g/mol. The highest BCUT2D eigenvalue weighted by atomic mass is 19.1. The molecule has 3 aromatic rings. The van der Waals surface area contributed by atoms with Gasteiger partial charge in [0.1, 0.15) is 6.33 Å². The SMILES string of the molecule is COc1ccc(Cn2cnc3ncccc3c2=O)cc1F. The first-order chi connectivity index (χ1) is 10.2. The molecule has 0 N–H and O–H groups in total. The van der Waals surface area contributed by atoms with Crippen LogP contribution in [0.3, 0.4) is 0 Å². The smallest absolute Gasteiger partial charge is 0.263 e. The zero-order valence-corrected chi connectivity index (χ0v) is 11.3. The van der Waals surface area contributed by atoms with Gasteiger partial charge < -0.3 is 4.74 Å². The van der Waals surface area contributed by atoms with Crippen LogP contribution >= 0.6 is 0 Å². The molecule has 6 heteroatoms. The molecule has 5 nitrogen and oxygen atoms in total. The lowest BCUT2D eigenvalue weighted by atomic mass is 10.2. The van der Waals surface area contributed by atoms with Gasteiger partial charge in [0.2, 0.25) is 0 Å². The van der Waals surface area contributed by atoms with Crippen molar-refractivity contribution in [1.82, 2.24) is 14.5 Å². The third-order valence-electron chi connectivity index (χ3n) is 3.17. The van der Waals surface area contributed by atoms with Gasteiger partial charge in [-0.05, 0) is 29.8 Å². The van der Waals surface area contributed by atoms with Crippen molar-refractivity contribution in [2.45, 2.75) is 6.54 Å². The summed E-state index contributed by atoms with van der Waals surface area (Å²) in [5.74, 6) is -0.287. The van der Waals surface area contributed by atoms with Crippen molar-refractivity contribution in [3.05, 3.63) is 64.6 Å². The van der Waals surface area contributed by atoms with Gasteiger partial charge in [0.25, 0.3) is 5.56 Å². The van der Waals surface area contributed by atoms with Gasteiger partial charge in [0.15, 0.2) is 17.2 Å². The standard InChI is InChI=1S/C15H12FN3O2/c1-21-13-5-4-10(7-12(13)16)8-19-9-18-14-11(15(19)20)3-2-6-17-14/h2-7,9H,8H2,1H3. The maximum Gasteiger partial charge on any atom is 0.263 e. The number of rotatable bonds is 3. The first-order valence-electron chi connectivity index (χ1n) is 6.31. The van der Waals surface area contributed by atoms with Gasteiger partial charge >= 0.3 is 0 Å². The van der Waals surface area contributed by atoms with Gasteiger partial charge in [-0.2, -0.15) is 0 Å². The number of fused-ring (bicyclic) bond motifs is 1. The summed E-state index contributed by atoms with van der Waals surface area (Å²) in [5, 5.41) is 0.439. The van der Waals surface area contributed by atoms with Gasteiger partial charge in [-0.15, -0.1) is 0 Å². The Balaban J connectivity index is 2.00. The fourth-order valence-electron chi connectivity index (χ4n) is 2.12. The van der Waals surface area contributed by atoms with Gasteiger partial charge in [0.05, 0.1) is 19.0 Å². The molecule has 0 aliphatic heterocycles. The highest BCUT2D eigenvalue weighted by molar-refractivity contribution is 5.72. The van der Waals surface area contributed by atoms with Crippen molar-refractivity contribution < 1.29 is 9.13 Å². The normalized spacial score (nSPS) is 10.8. The molecule has 0 atom stereocenters. The number of halogens is 1. The summed E-state index contributed by atoms with van der Waals surface area (Å²) in [6.07, 6.45) is 3.00. The Hall–Kier alpha value is -2.76. The van der Waals surface area contributed by atoms with Gasteiger partial charge in [0, 0.05) is 6.20 Å². The van der Waals surface area contributed by atoms with Crippen LogP contribution in [-0.4, -0.2) is 21.6 Å². The number of hydrogen-bond acceptors (Lipinski definition) is 4. The minimum absolute atomic E-state index is 0.173. The molecule has 0 radical (unpaired) electrons. The minimum Gasteiger partial charge on any atom is -0.494 e. The Bertz CT molecular complexity index is 861. The molecule has 2 heterocycles. The summed E-state index contributed by atoms with van der Waals surface area (Å²) in [6.45, 7) is 0.234. The van der Waals surface area contributed by atoms with Gasteiger partial charge in [-0.3, -0.25) is 9.36 Å². The quantitative estimate of drug-likeness (QED) is 0.738. The third-order valence-corrected chi connectivity index (χ3v) is 3.17. The summed E-state index contributed by atoms with van der Waals surface area (Å²) < 4.78 is 20.0. The summed E-state index contributed by atoms with van der Waals surface area (Å²) >= 11 is 0. The number of nitrogens with zero attached hydrogens (tertiary/aromatic N) is 3. The lowest BCUT2D eigenvalue weighted by molar-refractivity contribution is 0.386. The van der Waals surface area contributed by atoms with Crippen LogP contribution in [0.5, 0.6) is 5.75 Å². The fourth-order valence-corrected chi connectivity index (χ4v) is 2.12. The molecule has 2 aromatic heterocycles. The van der Waals surface area contributed by atoms with E-state index in [1.807, 2.05) is 0 Å². The van der Waals surface area contributed by atoms with Crippen molar-refractivity contribution >= 4 is 11.0 Å². The van der Waals surface area contributed by atoms with Crippen LogP contribution in [0.2, 0.25) is 0 Å². The van der Waals surface area contributed by atoms with Crippen molar-refractivity contribution in [1.29, 1.82) is 0 Å². The Kier molecular flexibility index (Phi) is 3.35. The molecule has 0 fully saturated rings. The second kappa shape index (κ2) is 5.32. The second-order valence-electron chi connectivity index (χ2n) is 4.52. The van der Waals surface area contributed by atoms with Crippen molar-refractivity contribution in [2.24, 2.45) is 0 Å². The molecular formula is C15H12FN3O2. The molecule has 0 saturated heterocycles. The molecular weight excluding hydrogens is 273 g/mol. The van der Waals surface area contributed by atoms with Crippen LogP contribution < -0.4 is 10.3 Å². The molecule has 0 spiro atoms. The van der Waals surface area contributed by atoms with E-state index in [-0.39, 0.29) is 17.9 Å². The highest BCUT2D eigenvalue weighted by Gasteiger charge is 2.07. The van der Waals surface area contributed by atoms with E-state index >= 15 is 0 Å². The number of aromatic nitrogens is 3. The monoisotopic (exact) mass is 285 g/mol. The van der Waals surface area contributed by atoms with Crippen LogP contribution in [0.1, 0.15) is 5.56 Å². The highest BCUT2D eigenvalue weighted by Crippen LogP contribution is 2.18. The molecule has 0 bridgehead atoms. The molecule has 0 aliphatic rings. The van der Waals surface area contributed by atoms with E-state index in [4.69, 9.17) is 4.74 Å². The number of pyridine rings is 1. The molecule has 0 amide bonds. The molecule has 0 aliphatic carbocycles. The van der Waals surface area contributed by atoms with E-state index < -0.39 is 5.82 Å². The van der Waals surface area contributed by atoms with Gasteiger partial charge in [-0.1, -0.05) is 6.07 Å². The van der Waals surface area contributed by atoms with Crippen LogP contribution in [0.25, 0.3) is 11.0 Å². The van der Waals surface area contributed by atoms with Crippen molar-refractivity contribution in [2.75, 3.05) is 7.11 Å². The third kappa shape index (κ3) is 2.47. The second-order valence-corrected chi connectivity index (χ2v) is 4.52. The average Bonchev–Trinajstić information content (AvgIpc) is 2.51. The lowest BCUT2D eigenvalue weighted by Crippen LogP contribution is -2.21. The first kappa shape index (κ1) is 13.2. The topological polar surface area (TPSA) is 57.0 Å². The zero-order chi connectivity index (χ0) is 14.8. The summed E-state index contributed by atoms with van der Waals surface area (Å²) in [7, 11) is 1.41. The lowest BCUT2D eigenvalue weighted by Gasteiger charge is -2.08. The molecule has 0 saturated carbocycles. The molecule has 1 aromatic carbocycles. The maximum absolute atomic E-state index is 13.7. The van der Waals surface area contributed by atoms with Crippen molar-refractivity contribution in [3.8, 4) is 5.75 Å². The Morgan fingerprint density at radius 2 is 2.14 bits per heavy atom. The minimum atomic E-state index is -0.460. The number of methoxy groups -OCH3 is 1. The Morgan fingerprint density at radius 1 is 1.29 bits per heavy atom. The maximum atomic E-state index is 13.7. The fraction of sp³-hybridized carbons (Fsp3) is 0.133. The van der Waals surface area contributed by atoms with Crippen LogP contribution in [0, 0.1) is 5.82 Å². The van der Waals surface area contributed by atoms with E-state index in [0.29, 0.717) is 16.6 Å². The van der Waals surface area contributed by atoms with Crippen LogP contribution in [-0.2, 0) is 6.54 Å². The van der Waals surface area contributed by atoms with E-state index in [9.17, 15) is 9.18 Å². The summed E-state index contributed by atoms with van der Waals surface area (Å²) in [4.78, 5) is 20.5. The van der Waals surface area contributed by atoms with Gasteiger partial charge in [-0.25, -0.2) is 14.4 Å².